The summed E-state index contributed by atoms with van der Waals surface area (Å²) < 4.78 is 43.1. The van der Waals surface area contributed by atoms with Crippen molar-refractivity contribution in [2.24, 2.45) is 5.16 Å². The molecule has 0 fully saturated rings. The molecular formula is C20H18F3NO4. The van der Waals surface area contributed by atoms with E-state index in [2.05, 4.69) is 9.89 Å². The van der Waals surface area contributed by atoms with Gasteiger partial charge < -0.3 is 14.7 Å². The van der Waals surface area contributed by atoms with Gasteiger partial charge in [0.15, 0.2) is 0 Å². The molecule has 2 aromatic rings. The fraction of sp³-hybridized carbons (Fsp3) is 0.200. The Bertz CT molecular complexity index is 904. The van der Waals surface area contributed by atoms with E-state index in [1.165, 1.54) is 26.2 Å². The highest BCUT2D eigenvalue weighted by molar-refractivity contribution is 6.16. The largest absolute Gasteiger partial charge is 0.515 e. The number of hydrogen-bond donors (Lipinski definition) is 1. The summed E-state index contributed by atoms with van der Waals surface area (Å²) in [5, 5.41) is 13.2. The average molecular weight is 393 g/mol. The van der Waals surface area contributed by atoms with E-state index in [0.717, 1.165) is 12.1 Å². The van der Waals surface area contributed by atoms with Crippen LogP contribution in [0.15, 0.2) is 59.9 Å². The summed E-state index contributed by atoms with van der Waals surface area (Å²) in [6.45, 7) is 1.45. The van der Waals surface area contributed by atoms with Crippen LogP contribution < -0.4 is 0 Å². The van der Waals surface area contributed by atoms with E-state index in [-0.39, 0.29) is 23.5 Å². The predicted octanol–water partition coefficient (Wildman–Crippen LogP) is 4.72. The second-order valence-electron chi connectivity index (χ2n) is 5.72. The van der Waals surface area contributed by atoms with Crippen molar-refractivity contribution in [3.05, 3.63) is 77.0 Å². The summed E-state index contributed by atoms with van der Waals surface area (Å²) in [4.78, 5) is 17.0. The number of alkyl halides is 3. The topological polar surface area (TPSA) is 68.1 Å². The minimum Gasteiger partial charge on any atom is -0.515 e. The van der Waals surface area contributed by atoms with Crippen molar-refractivity contribution in [3.8, 4) is 0 Å². The van der Waals surface area contributed by atoms with Crippen molar-refractivity contribution >= 4 is 17.3 Å². The zero-order valence-electron chi connectivity index (χ0n) is 15.2. The van der Waals surface area contributed by atoms with Crippen LogP contribution in [0, 0.1) is 0 Å². The third-order valence-electron chi connectivity index (χ3n) is 3.87. The molecule has 0 bridgehead atoms. The summed E-state index contributed by atoms with van der Waals surface area (Å²) in [7, 11) is 1.19. The zero-order valence-corrected chi connectivity index (χ0v) is 15.2. The van der Waals surface area contributed by atoms with Crippen molar-refractivity contribution < 1.29 is 32.6 Å². The maximum atomic E-state index is 12.8. The summed E-state index contributed by atoms with van der Waals surface area (Å²) in [6.07, 6.45) is -3.81. The predicted molar refractivity (Wildman–Crippen MR) is 97.5 cm³/mol. The molecular weight excluding hydrogens is 375 g/mol. The number of halogens is 3. The van der Waals surface area contributed by atoms with Gasteiger partial charge in [-0.25, -0.2) is 4.79 Å². The SMILES string of the molecule is COC(=O)/C(=C/O)c1ccccc1CO/N=C(\C)c1cccc(C(F)(F)F)c1. The van der Waals surface area contributed by atoms with Gasteiger partial charge in [-0.05, 0) is 30.2 Å². The first-order valence-corrected chi connectivity index (χ1v) is 8.13. The van der Waals surface area contributed by atoms with Gasteiger partial charge in [0.1, 0.15) is 12.2 Å². The zero-order chi connectivity index (χ0) is 20.7. The Morgan fingerprint density at radius 1 is 1.18 bits per heavy atom. The van der Waals surface area contributed by atoms with E-state index in [1.54, 1.807) is 24.3 Å². The van der Waals surface area contributed by atoms with Crippen LogP contribution >= 0.6 is 0 Å². The third kappa shape index (κ3) is 5.12. The highest BCUT2D eigenvalue weighted by Gasteiger charge is 2.30. The monoisotopic (exact) mass is 393 g/mol. The Kier molecular flexibility index (Phi) is 6.81. The van der Waals surface area contributed by atoms with Crippen LogP contribution in [-0.4, -0.2) is 23.9 Å². The van der Waals surface area contributed by atoms with Crippen molar-refractivity contribution in [3.63, 3.8) is 0 Å². The smallest absolute Gasteiger partial charge is 0.416 e. The molecule has 5 nitrogen and oxygen atoms in total. The first-order chi connectivity index (χ1) is 13.3. The minimum absolute atomic E-state index is 0.0553. The molecule has 148 valence electrons. The number of esters is 1. The van der Waals surface area contributed by atoms with Gasteiger partial charge >= 0.3 is 12.1 Å². The second kappa shape index (κ2) is 9.07. The number of methoxy groups -OCH3 is 1. The number of aliphatic hydroxyl groups excluding tert-OH is 1. The van der Waals surface area contributed by atoms with Crippen LogP contribution in [0.4, 0.5) is 13.2 Å². The first kappa shape index (κ1) is 21.0. The van der Waals surface area contributed by atoms with Gasteiger partial charge in [-0.3, -0.25) is 0 Å². The summed E-state index contributed by atoms with van der Waals surface area (Å²) in [5.41, 5.74) is 0.627. The third-order valence-corrected chi connectivity index (χ3v) is 3.87. The lowest BCUT2D eigenvalue weighted by Crippen LogP contribution is -2.08. The standard InChI is InChI=1S/C20H18F3NO4/c1-13(14-7-5-8-16(10-14)20(21,22)23)24-28-12-15-6-3-4-9-17(15)18(11-25)19(26)27-2/h3-11,25H,12H2,1-2H3/b18-11+,24-13+. The van der Waals surface area contributed by atoms with Crippen LogP contribution in [0.5, 0.6) is 0 Å². The quantitative estimate of drug-likeness (QED) is 0.254. The molecule has 0 aliphatic heterocycles. The average Bonchev–Trinajstić information content (AvgIpc) is 2.68. The second-order valence-corrected chi connectivity index (χ2v) is 5.72. The number of oxime groups is 1. The number of aliphatic hydroxyl groups is 1. The van der Waals surface area contributed by atoms with E-state index in [0.29, 0.717) is 17.4 Å². The number of rotatable bonds is 6. The number of ether oxygens (including phenoxy) is 1. The van der Waals surface area contributed by atoms with Crippen LogP contribution in [0.1, 0.15) is 29.2 Å². The van der Waals surface area contributed by atoms with Crippen LogP contribution in [0.25, 0.3) is 5.57 Å². The van der Waals surface area contributed by atoms with Crippen molar-refractivity contribution in [2.45, 2.75) is 19.7 Å². The molecule has 0 unspecified atom stereocenters. The number of nitrogens with zero attached hydrogens (tertiary/aromatic N) is 1. The Labute approximate surface area is 159 Å². The van der Waals surface area contributed by atoms with Gasteiger partial charge in [-0.2, -0.15) is 13.2 Å². The van der Waals surface area contributed by atoms with Gasteiger partial charge in [0.05, 0.1) is 24.6 Å². The molecule has 0 aromatic heterocycles. The van der Waals surface area contributed by atoms with Crippen LogP contribution in [0.2, 0.25) is 0 Å². The lowest BCUT2D eigenvalue weighted by atomic mass is 10.0. The van der Waals surface area contributed by atoms with Crippen LogP contribution in [0.3, 0.4) is 0 Å². The molecule has 0 saturated carbocycles. The van der Waals surface area contributed by atoms with E-state index in [1.807, 2.05) is 0 Å². The van der Waals surface area contributed by atoms with Gasteiger partial charge in [0.25, 0.3) is 0 Å². The lowest BCUT2D eigenvalue weighted by Gasteiger charge is -2.11. The molecule has 8 heteroatoms. The van der Waals surface area contributed by atoms with Gasteiger partial charge in [0.2, 0.25) is 0 Å². The molecule has 2 aromatic carbocycles. The number of carbonyl (C=O) groups is 1. The Morgan fingerprint density at radius 3 is 2.54 bits per heavy atom. The van der Waals surface area contributed by atoms with Gasteiger partial charge in [-0.15, -0.1) is 0 Å². The molecule has 0 atom stereocenters. The highest BCUT2D eigenvalue weighted by atomic mass is 19.4. The Hall–Kier alpha value is -3.29. The fourth-order valence-electron chi connectivity index (χ4n) is 2.42. The molecule has 1 N–H and O–H groups in total. The van der Waals surface area contributed by atoms with Crippen molar-refractivity contribution in [1.82, 2.24) is 0 Å². The lowest BCUT2D eigenvalue weighted by molar-refractivity contribution is -0.137. The molecule has 0 spiro atoms. The van der Waals surface area contributed by atoms with E-state index >= 15 is 0 Å². The maximum absolute atomic E-state index is 12.8. The summed E-state index contributed by atoms with van der Waals surface area (Å²) in [5.74, 6) is -0.724. The normalized spacial score (nSPS) is 12.6. The number of hydrogen-bond acceptors (Lipinski definition) is 5. The fourth-order valence-corrected chi connectivity index (χ4v) is 2.42. The van der Waals surface area contributed by atoms with E-state index in [4.69, 9.17) is 4.84 Å². The Morgan fingerprint density at radius 2 is 1.89 bits per heavy atom. The van der Waals surface area contributed by atoms with E-state index in [9.17, 15) is 23.1 Å². The van der Waals surface area contributed by atoms with Gasteiger partial charge in [0, 0.05) is 5.56 Å². The molecule has 0 amide bonds. The molecule has 0 aliphatic rings. The summed E-state index contributed by atoms with van der Waals surface area (Å²) >= 11 is 0. The van der Waals surface area contributed by atoms with E-state index < -0.39 is 17.7 Å². The number of benzene rings is 2. The summed E-state index contributed by atoms with van der Waals surface area (Å²) in [6, 6.07) is 11.4. The molecule has 28 heavy (non-hydrogen) atoms. The van der Waals surface area contributed by atoms with Crippen LogP contribution in [-0.2, 0) is 27.2 Å². The first-order valence-electron chi connectivity index (χ1n) is 8.13. The molecule has 0 saturated heterocycles. The molecule has 2 rings (SSSR count). The van der Waals surface area contributed by atoms with Crippen molar-refractivity contribution in [2.75, 3.05) is 7.11 Å². The molecule has 0 aliphatic carbocycles. The number of carbonyl (C=O) groups excluding carboxylic acids is 1. The Balaban J connectivity index is 2.18. The molecule has 0 radical (unpaired) electrons. The van der Waals surface area contributed by atoms with Gasteiger partial charge in [-0.1, -0.05) is 41.6 Å². The maximum Gasteiger partial charge on any atom is 0.416 e. The van der Waals surface area contributed by atoms with Crippen molar-refractivity contribution in [1.29, 1.82) is 0 Å². The minimum atomic E-state index is -4.45. The highest BCUT2D eigenvalue weighted by Crippen LogP contribution is 2.29. The molecule has 0 heterocycles.